The normalized spacial score (nSPS) is 11.8. The maximum atomic E-state index is 13.0. The van der Waals surface area contributed by atoms with Crippen molar-refractivity contribution in [2.24, 2.45) is 0 Å². The minimum Gasteiger partial charge on any atom is -0.313 e. The lowest BCUT2D eigenvalue weighted by Crippen LogP contribution is -2.27. The first-order valence-corrected chi connectivity index (χ1v) is 7.61. The Morgan fingerprint density at radius 3 is 2.09 bits per heavy atom. The summed E-state index contributed by atoms with van der Waals surface area (Å²) in [6, 6.07) is 18.1. The maximum absolute atomic E-state index is 13.0. The van der Waals surface area contributed by atoms with Gasteiger partial charge in [0, 0.05) is 22.3 Å². The van der Waals surface area contributed by atoms with Crippen molar-refractivity contribution >= 4 is 10.9 Å². The second-order valence-electron chi connectivity index (χ2n) is 6.73. The van der Waals surface area contributed by atoms with E-state index >= 15 is 0 Å². The van der Waals surface area contributed by atoms with E-state index in [2.05, 4.69) is 37.5 Å². The van der Waals surface area contributed by atoms with Crippen LogP contribution in [0.25, 0.3) is 16.6 Å². The first-order valence-electron chi connectivity index (χ1n) is 7.61. The number of benzene rings is 2. The zero-order valence-corrected chi connectivity index (χ0v) is 13.6. The van der Waals surface area contributed by atoms with Gasteiger partial charge in [0.05, 0.1) is 5.52 Å². The molecule has 2 nitrogen and oxygen atoms in total. The molecule has 0 radical (unpaired) electrons. The van der Waals surface area contributed by atoms with Crippen LogP contribution in [-0.4, -0.2) is 4.57 Å². The molecule has 0 spiro atoms. The van der Waals surface area contributed by atoms with Crippen LogP contribution < -0.4 is 5.43 Å². The van der Waals surface area contributed by atoms with Crippen LogP contribution in [0.15, 0.2) is 59.4 Å². The third kappa shape index (κ3) is 2.25. The summed E-state index contributed by atoms with van der Waals surface area (Å²) in [5.41, 5.74) is 3.90. The van der Waals surface area contributed by atoms with Crippen LogP contribution in [0.4, 0.5) is 0 Å². The minimum absolute atomic E-state index is 0.146. The van der Waals surface area contributed by atoms with Gasteiger partial charge in [0.25, 0.3) is 0 Å². The second kappa shape index (κ2) is 5.13. The maximum Gasteiger partial charge on any atom is 0.193 e. The lowest BCUT2D eigenvalue weighted by molar-refractivity contribution is 0.576. The van der Waals surface area contributed by atoms with Crippen molar-refractivity contribution in [2.75, 3.05) is 0 Å². The first kappa shape index (κ1) is 14.6. The molecule has 0 atom stereocenters. The Hall–Kier alpha value is -2.35. The molecule has 0 unspecified atom stereocenters. The number of aromatic nitrogens is 1. The quantitative estimate of drug-likeness (QED) is 0.642. The third-order valence-electron chi connectivity index (χ3n) is 4.08. The lowest BCUT2D eigenvalue weighted by atomic mass is 9.84. The molecule has 0 amide bonds. The van der Waals surface area contributed by atoms with E-state index in [0.717, 1.165) is 27.8 Å². The number of para-hydroxylation sites is 2. The third-order valence-corrected chi connectivity index (χ3v) is 4.08. The van der Waals surface area contributed by atoms with Gasteiger partial charge < -0.3 is 4.57 Å². The van der Waals surface area contributed by atoms with Gasteiger partial charge in [-0.15, -0.1) is 0 Å². The Kier molecular flexibility index (Phi) is 3.40. The van der Waals surface area contributed by atoms with Crippen molar-refractivity contribution in [1.82, 2.24) is 4.57 Å². The van der Waals surface area contributed by atoms with Gasteiger partial charge in [-0.25, -0.2) is 0 Å². The highest BCUT2D eigenvalue weighted by molar-refractivity contribution is 5.82. The number of rotatable bonds is 1. The molecule has 3 aromatic rings. The van der Waals surface area contributed by atoms with Gasteiger partial charge in [0.15, 0.2) is 5.43 Å². The van der Waals surface area contributed by atoms with Crippen molar-refractivity contribution < 1.29 is 0 Å². The standard InChI is InChI=1S/C20H21NO/c1-14-18(20(2,3)4)19(22)16-12-8-9-13-17(16)21(14)15-10-6-5-7-11-15/h5-13H,1-4H3. The van der Waals surface area contributed by atoms with Crippen molar-refractivity contribution in [1.29, 1.82) is 0 Å². The van der Waals surface area contributed by atoms with Crippen LogP contribution in [-0.2, 0) is 5.41 Å². The van der Waals surface area contributed by atoms with E-state index in [0.29, 0.717) is 0 Å². The SMILES string of the molecule is Cc1c(C(C)(C)C)c(=O)c2ccccc2n1-c1ccccc1. The van der Waals surface area contributed by atoms with Gasteiger partial charge in [-0.2, -0.15) is 0 Å². The van der Waals surface area contributed by atoms with Crippen molar-refractivity contribution in [3.05, 3.63) is 76.1 Å². The number of nitrogens with zero attached hydrogens (tertiary/aromatic N) is 1. The number of fused-ring (bicyclic) bond motifs is 1. The van der Waals surface area contributed by atoms with E-state index in [1.807, 2.05) is 49.4 Å². The number of pyridine rings is 1. The van der Waals surface area contributed by atoms with Gasteiger partial charge in [-0.1, -0.05) is 51.1 Å². The van der Waals surface area contributed by atoms with Crippen LogP contribution in [0.1, 0.15) is 32.0 Å². The summed E-state index contributed by atoms with van der Waals surface area (Å²) in [5, 5.41) is 0.780. The predicted molar refractivity (Wildman–Crippen MR) is 93.0 cm³/mol. The summed E-state index contributed by atoms with van der Waals surface area (Å²) in [6.45, 7) is 8.34. The molecule has 0 aliphatic rings. The molecule has 0 aliphatic carbocycles. The molecule has 22 heavy (non-hydrogen) atoms. The van der Waals surface area contributed by atoms with E-state index in [-0.39, 0.29) is 10.8 Å². The molecular weight excluding hydrogens is 270 g/mol. The second-order valence-corrected chi connectivity index (χ2v) is 6.73. The van der Waals surface area contributed by atoms with E-state index < -0.39 is 0 Å². The Labute approximate surface area is 131 Å². The summed E-state index contributed by atoms with van der Waals surface area (Å²) in [5.74, 6) is 0. The Morgan fingerprint density at radius 1 is 0.864 bits per heavy atom. The van der Waals surface area contributed by atoms with Gasteiger partial charge >= 0.3 is 0 Å². The van der Waals surface area contributed by atoms with Gasteiger partial charge in [0.2, 0.25) is 0 Å². The van der Waals surface area contributed by atoms with Crippen molar-refractivity contribution in [3.8, 4) is 5.69 Å². The molecule has 112 valence electrons. The summed E-state index contributed by atoms with van der Waals surface area (Å²) in [6.07, 6.45) is 0. The van der Waals surface area contributed by atoms with Crippen LogP contribution in [0.3, 0.4) is 0 Å². The molecule has 1 aromatic heterocycles. The summed E-state index contributed by atoms with van der Waals surface area (Å²) < 4.78 is 2.19. The average Bonchev–Trinajstić information content (AvgIpc) is 2.47. The van der Waals surface area contributed by atoms with Crippen molar-refractivity contribution in [2.45, 2.75) is 33.1 Å². The van der Waals surface area contributed by atoms with E-state index in [1.54, 1.807) is 0 Å². The summed E-state index contributed by atoms with van der Waals surface area (Å²) in [7, 11) is 0. The zero-order chi connectivity index (χ0) is 15.9. The topological polar surface area (TPSA) is 22.0 Å². The highest BCUT2D eigenvalue weighted by atomic mass is 16.1. The average molecular weight is 291 g/mol. The fourth-order valence-corrected chi connectivity index (χ4v) is 3.25. The summed E-state index contributed by atoms with van der Waals surface area (Å²) in [4.78, 5) is 13.0. The lowest BCUT2D eigenvalue weighted by Gasteiger charge is -2.25. The molecule has 2 heteroatoms. The molecule has 0 saturated carbocycles. The Bertz CT molecular complexity index is 883. The molecule has 1 heterocycles. The highest BCUT2D eigenvalue weighted by Gasteiger charge is 2.24. The fourth-order valence-electron chi connectivity index (χ4n) is 3.25. The zero-order valence-electron chi connectivity index (χ0n) is 13.6. The first-order chi connectivity index (χ1) is 10.4. The molecular formula is C20H21NO. The van der Waals surface area contributed by atoms with Crippen LogP contribution in [0.5, 0.6) is 0 Å². The Balaban J connectivity index is 2.54. The monoisotopic (exact) mass is 291 g/mol. The van der Waals surface area contributed by atoms with Gasteiger partial charge in [-0.3, -0.25) is 4.79 Å². The number of hydrogen-bond acceptors (Lipinski definition) is 1. The molecule has 0 bridgehead atoms. The van der Waals surface area contributed by atoms with Gasteiger partial charge in [-0.05, 0) is 36.6 Å². The fraction of sp³-hybridized carbons (Fsp3) is 0.250. The Morgan fingerprint density at radius 2 is 1.45 bits per heavy atom. The molecule has 0 fully saturated rings. The largest absolute Gasteiger partial charge is 0.313 e. The molecule has 3 rings (SSSR count). The minimum atomic E-state index is -0.193. The van der Waals surface area contributed by atoms with Crippen LogP contribution in [0, 0.1) is 6.92 Å². The van der Waals surface area contributed by atoms with Crippen LogP contribution in [0.2, 0.25) is 0 Å². The van der Waals surface area contributed by atoms with E-state index in [9.17, 15) is 4.79 Å². The molecule has 0 N–H and O–H groups in total. The summed E-state index contributed by atoms with van der Waals surface area (Å²) >= 11 is 0. The molecule has 0 saturated heterocycles. The van der Waals surface area contributed by atoms with Crippen molar-refractivity contribution in [3.63, 3.8) is 0 Å². The van der Waals surface area contributed by atoms with E-state index in [4.69, 9.17) is 0 Å². The number of hydrogen-bond donors (Lipinski definition) is 0. The highest BCUT2D eigenvalue weighted by Crippen LogP contribution is 2.28. The smallest absolute Gasteiger partial charge is 0.193 e. The predicted octanol–water partition coefficient (Wildman–Crippen LogP) is 4.60. The van der Waals surface area contributed by atoms with E-state index in [1.165, 1.54) is 0 Å². The molecule has 0 aliphatic heterocycles. The van der Waals surface area contributed by atoms with Gasteiger partial charge in [0.1, 0.15) is 0 Å². The molecule has 2 aromatic carbocycles. The van der Waals surface area contributed by atoms with Crippen LogP contribution >= 0.6 is 0 Å².